The predicted octanol–water partition coefficient (Wildman–Crippen LogP) is 3.00. The van der Waals surface area contributed by atoms with Crippen molar-refractivity contribution >= 4 is 17.5 Å². The van der Waals surface area contributed by atoms with Gasteiger partial charge < -0.3 is 10.2 Å². The van der Waals surface area contributed by atoms with Crippen LogP contribution in [-0.4, -0.2) is 39.8 Å². The van der Waals surface area contributed by atoms with Gasteiger partial charge >= 0.3 is 0 Å². The zero-order valence-corrected chi connectivity index (χ0v) is 15.5. The van der Waals surface area contributed by atoms with Gasteiger partial charge in [0.2, 0.25) is 5.91 Å². The van der Waals surface area contributed by atoms with Crippen LogP contribution >= 0.6 is 0 Å². The number of likely N-dealkylation sites (tertiary alicyclic amines) is 1. The second-order valence-electron chi connectivity index (χ2n) is 6.89. The molecule has 1 aromatic carbocycles. The summed E-state index contributed by atoms with van der Waals surface area (Å²) in [5, 5.41) is 2.68. The number of amides is 2. The third-order valence-electron chi connectivity index (χ3n) is 4.77. The fourth-order valence-corrected chi connectivity index (χ4v) is 3.21. The molecular weight excluding hydrogens is 340 g/mol. The monoisotopic (exact) mass is 364 g/mol. The Labute approximate surface area is 159 Å². The summed E-state index contributed by atoms with van der Waals surface area (Å²) in [7, 11) is 0. The Morgan fingerprint density at radius 2 is 1.96 bits per heavy atom. The minimum Gasteiger partial charge on any atom is -0.338 e. The first-order valence-corrected chi connectivity index (χ1v) is 9.15. The molecule has 6 heteroatoms. The SMILES string of the molecule is C=CC(=O)Nc1ccc(C(=O)N2CC[C@@H](CCc3ncc(C)cn3)C2)cc1. The predicted molar refractivity (Wildman–Crippen MR) is 104 cm³/mol. The minimum absolute atomic E-state index is 0.0330. The van der Waals surface area contributed by atoms with E-state index in [2.05, 4.69) is 21.9 Å². The normalized spacial score (nSPS) is 16.2. The molecule has 0 saturated carbocycles. The summed E-state index contributed by atoms with van der Waals surface area (Å²) in [6, 6.07) is 6.96. The zero-order chi connectivity index (χ0) is 19.2. The first-order chi connectivity index (χ1) is 13.0. The number of rotatable bonds is 6. The molecule has 0 radical (unpaired) electrons. The molecule has 2 aromatic rings. The second kappa shape index (κ2) is 8.58. The maximum absolute atomic E-state index is 12.7. The zero-order valence-electron chi connectivity index (χ0n) is 15.5. The van der Waals surface area contributed by atoms with E-state index in [9.17, 15) is 9.59 Å². The number of nitrogens with zero attached hydrogens (tertiary/aromatic N) is 3. The molecule has 0 unspecified atom stereocenters. The van der Waals surface area contributed by atoms with Crippen molar-refractivity contribution in [2.24, 2.45) is 5.92 Å². The van der Waals surface area contributed by atoms with Crippen LogP contribution in [0, 0.1) is 12.8 Å². The Kier molecular flexibility index (Phi) is 5.96. The molecule has 27 heavy (non-hydrogen) atoms. The number of benzene rings is 1. The molecule has 0 bridgehead atoms. The van der Waals surface area contributed by atoms with Gasteiger partial charge in [0, 0.05) is 43.2 Å². The van der Waals surface area contributed by atoms with Gasteiger partial charge in [0.05, 0.1) is 0 Å². The van der Waals surface area contributed by atoms with E-state index in [1.807, 2.05) is 24.2 Å². The number of anilines is 1. The average molecular weight is 364 g/mol. The molecule has 140 valence electrons. The standard InChI is InChI=1S/C21H24N4O2/c1-3-20(26)24-18-7-5-17(6-8-18)21(27)25-11-10-16(14-25)4-9-19-22-12-15(2)13-23-19/h3,5-8,12-13,16H,1,4,9-11,14H2,2H3,(H,24,26)/t16-/m1/s1. The number of hydrogen-bond donors (Lipinski definition) is 1. The maximum Gasteiger partial charge on any atom is 0.253 e. The molecule has 2 amide bonds. The summed E-state index contributed by atoms with van der Waals surface area (Å²) in [5.41, 5.74) is 2.34. The van der Waals surface area contributed by atoms with Gasteiger partial charge in [-0.15, -0.1) is 0 Å². The smallest absolute Gasteiger partial charge is 0.253 e. The highest BCUT2D eigenvalue weighted by Crippen LogP contribution is 2.23. The van der Waals surface area contributed by atoms with Crippen molar-refractivity contribution < 1.29 is 9.59 Å². The summed E-state index contributed by atoms with van der Waals surface area (Å²) in [5.74, 6) is 1.10. The molecule has 6 nitrogen and oxygen atoms in total. The summed E-state index contributed by atoms with van der Waals surface area (Å²) in [6.45, 7) is 6.93. The molecule has 1 atom stereocenters. The van der Waals surface area contributed by atoms with Crippen molar-refractivity contribution in [3.63, 3.8) is 0 Å². The van der Waals surface area contributed by atoms with Crippen molar-refractivity contribution in [1.82, 2.24) is 14.9 Å². The van der Waals surface area contributed by atoms with Crippen molar-refractivity contribution in [1.29, 1.82) is 0 Å². The van der Waals surface area contributed by atoms with Crippen molar-refractivity contribution in [3.05, 3.63) is 66.3 Å². The highest BCUT2D eigenvalue weighted by molar-refractivity contribution is 5.99. The molecule has 1 aliphatic rings. The van der Waals surface area contributed by atoms with E-state index in [0.29, 0.717) is 17.2 Å². The van der Waals surface area contributed by atoms with Crippen molar-refractivity contribution in [3.8, 4) is 0 Å². The topological polar surface area (TPSA) is 75.2 Å². The van der Waals surface area contributed by atoms with E-state index in [4.69, 9.17) is 0 Å². The van der Waals surface area contributed by atoms with Crippen LogP contribution in [0.1, 0.15) is 34.6 Å². The van der Waals surface area contributed by atoms with E-state index in [0.717, 1.165) is 43.7 Å². The molecule has 3 rings (SSSR count). The Hall–Kier alpha value is -3.02. The Morgan fingerprint density at radius 3 is 2.63 bits per heavy atom. The van der Waals surface area contributed by atoms with Crippen LogP contribution in [0.3, 0.4) is 0 Å². The van der Waals surface area contributed by atoms with E-state index >= 15 is 0 Å². The minimum atomic E-state index is -0.269. The summed E-state index contributed by atoms with van der Waals surface area (Å²) >= 11 is 0. The maximum atomic E-state index is 12.7. The van der Waals surface area contributed by atoms with Crippen LogP contribution in [0.5, 0.6) is 0 Å². The van der Waals surface area contributed by atoms with Gasteiger partial charge in [-0.2, -0.15) is 0 Å². The lowest BCUT2D eigenvalue weighted by molar-refractivity contribution is -0.111. The molecule has 1 N–H and O–H groups in total. The van der Waals surface area contributed by atoms with E-state index in [1.54, 1.807) is 24.3 Å². The van der Waals surface area contributed by atoms with Crippen LogP contribution in [0.25, 0.3) is 0 Å². The molecule has 1 saturated heterocycles. The Bertz CT molecular complexity index is 815. The van der Waals surface area contributed by atoms with Gasteiger partial charge in [-0.25, -0.2) is 9.97 Å². The number of carbonyl (C=O) groups is 2. The van der Waals surface area contributed by atoms with E-state index < -0.39 is 0 Å². The van der Waals surface area contributed by atoms with Crippen LogP contribution in [0.15, 0.2) is 49.3 Å². The highest BCUT2D eigenvalue weighted by atomic mass is 16.2. The Morgan fingerprint density at radius 1 is 1.26 bits per heavy atom. The average Bonchev–Trinajstić information content (AvgIpc) is 3.16. The molecular formula is C21H24N4O2. The molecule has 2 heterocycles. The number of aryl methyl sites for hydroxylation is 2. The first kappa shape index (κ1) is 18.8. The van der Waals surface area contributed by atoms with Gasteiger partial charge in [-0.05, 0) is 61.6 Å². The number of hydrogen-bond acceptors (Lipinski definition) is 4. The molecule has 0 spiro atoms. The van der Waals surface area contributed by atoms with Crippen LogP contribution in [0.4, 0.5) is 5.69 Å². The summed E-state index contributed by atoms with van der Waals surface area (Å²) in [6.07, 6.45) is 7.72. The molecule has 0 aliphatic carbocycles. The number of carbonyl (C=O) groups excluding carboxylic acids is 2. The summed E-state index contributed by atoms with van der Waals surface area (Å²) < 4.78 is 0. The fourth-order valence-electron chi connectivity index (χ4n) is 3.21. The van der Waals surface area contributed by atoms with Gasteiger partial charge in [0.25, 0.3) is 5.91 Å². The van der Waals surface area contributed by atoms with Gasteiger partial charge in [0.1, 0.15) is 5.82 Å². The van der Waals surface area contributed by atoms with Crippen LogP contribution < -0.4 is 5.32 Å². The lowest BCUT2D eigenvalue weighted by Crippen LogP contribution is -2.28. The van der Waals surface area contributed by atoms with Crippen molar-refractivity contribution in [2.75, 3.05) is 18.4 Å². The number of nitrogens with one attached hydrogen (secondary N) is 1. The quantitative estimate of drug-likeness (QED) is 0.800. The van der Waals surface area contributed by atoms with E-state index in [1.165, 1.54) is 6.08 Å². The lowest BCUT2D eigenvalue weighted by atomic mass is 10.0. The first-order valence-electron chi connectivity index (χ1n) is 9.15. The Balaban J connectivity index is 1.51. The fraction of sp³-hybridized carbons (Fsp3) is 0.333. The van der Waals surface area contributed by atoms with Gasteiger partial charge in [-0.1, -0.05) is 6.58 Å². The third-order valence-corrected chi connectivity index (χ3v) is 4.77. The molecule has 1 fully saturated rings. The van der Waals surface area contributed by atoms with Gasteiger partial charge in [0.15, 0.2) is 0 Å². The second-order valence-corrected chi connectivity index (χ2v) is 6.89. The summed E-state index contributed by atoms with van der Waals surface area (Å²) in [4.78, 5) is 34.6. The highest BCUT2D eigenvalue weighted by Gasteiger charge is 2.26. The van der Waals surface area contributed by atoms with Crippen LogP contribution in [0.2, 0.25) is 0 Å². The van der Waals surface area contributed by atoms with Crippen LogP contribution in [-0.2, 0) is 11.2 Å². The van der Waals surface area contributed by atoms with Gasteiger partial charge in [-0.3, -0.25) is 9.59 Å². The number of aromatic nitrogens is 2. The lowest BCUT2D eigenvalue weighted by Gasteiger charge is -2.17. The molecule has 1 aliphatic heterocycles. The largest absolute Gasteiger partial charge is 0.338 e. The molecule has 1 aromatic heterocycles. The third kappa shape index (κ3) is 5.00. The van der Waals surface area contributed by atoms with E-state index in [-0.39, 0.29) is 11.8 Å². The van der Waals surface area contributed by atoms with Crippen molar-refractivity contribution in [2.45, 2.75) is 26.2 Å².